The molecule has 1 aromatic heterocycles. The molecule has 6 rings (SSSR count). The second kappa shape index (κ2) is 6.97. The molecule has 1 fully saturated rings. The predicted octanol–water partition coefficient (Wildman–Crippen LogP) is 1.86. The standard InChI is InChI=1S/C25H25N5O4/c1-14-12-25(17-9-5-7-11-19(17)30-20(32)15(2)27-23(25)30)34-24(3,26-13-31)22-28-18-10-6-4-8-16(18)21(33)29(14)22/h4-11,13-15,23,27H,12H2,1-3H3,(H,26,31)/t14?,15-,23-,24-,25-/m0/s1. The molecule has 0 aliphatic carbocycles. The van der Waals surface area contributed by atoms with Crippen LogP contribution in [0.5, 0.6) is 0 Å². The van der Waals surface area contributed by atoms with Crippen LogP contribution in [-0.2, 0) is 25.7 Å². The summed E-state index contributed by atoms with van der Waals surface area (Å²) in [6, 6.07) is 14.1. The van der Waals surface area contributed by atoms with E-state index >= 15 is 0 Å². The number of fused-ring (bicyclic) bond motifs is 7. The number of anilines is 1. The molecular weight excluding hydrogens is 434 g/mol. The maximum absolute atomic E-state index is 13.7. The van der Waals surface area contributed by atoms with Crippen molar-refractivity contribution in [2.24, 2.45) is 0 Å². The number of para-hydroxylation sites is 2. The van der Waals surface area contributed by atoms with Crippen LogP contribution < -0.4 is 21.1 Å². The van der Waals surface area contributed by atoms with Crippen LogP contribution in [0.1, 0.15) is 44.6 Å². The molecular formula is C25H25N5O4. The van der Waals surface area contributed by atoms with Crippen molar-refractivity contribution in [2.75, 3.05) is 4.90 Å². The van der Waals surface area contributed by atoms with Gasteiger partial charge in [0.15, 0.2) is 11.5 Å². The first-order chi connectivity index (χ1) is 16.3. The monoisotopic (exact) mass is 459 g/mol. The molecule has 2 amide bonds. The van der Waals surface area contributed by atoms with Crippen molar-refractivity contribution in [3.8, 4) is 0 Å². The lowest BCUT2D eigenvalue weighted by molar-refractivity contribution is -0.187. The summed E-state index contributed by atoms with van der Waals surface area (Å²) in [5.41, 5.74) is -0.529. The lowest BCUT2D eigenvalue weighted by Gasteiger charge is -2.41. The van der Waals surface area contributed by atoms with Gasteiger partial charge in [-0.3, -0.25) is 29.2 Å². The third-order valence-corrected chi connectivity index (χ3v) is 7.33. The number of ether oxygens (including phenoxy) is 1. The van der Waals surface area contributed by atoms with Crippen LogP contribution in [0.4, 0.5) is 5.69 Å². The second-order valence-electron chi connectivity index (χ2n) is 9.48. The molecule has 1 spiro atoms. The van der Waals surface area contributed by atoms with Crippen molar-refractivity contribution < 1.29 is 14.3 Å². The molecule has 3 aliphatic heterocycles. The molecule has 1 saturated heterocycles. The number of amides is 2. The zero-order chi connectivity index (χ0) is 23.8. The molecule has 0 bridgehead atoms. The summed E-state index contributed by atoms with van der Waals surface area (Å²) in [4.78, 5) is 45.2. The van der Waals surface area contributed by atoms with Gasteiger partial charge in [-0.15, -0.1) is 0 Å². The normalized spacial score (nSPS) is 31.8. The number of benzene rings is 2. The van der Waals surface area contributed by atoms with Crippen molar-refractivity contribution in [3.05, 3.63) is 70.3 Å². The Bertz CT molecular complexity index is 1420. The molecule has 9 nitrogen and oxygen atoms in total. The first kappa shape index (κ1) is 21.0. The molecule has 2 N–H and O–H groups in total. The minimum absolute atomic E-state index is 0.0431. The zero-order valence-corrected chi connectivity index (χ0v) is 19.1. The van der Waals surface area contributed by atoms with E-state index in [0.29, 0.717) is 29.6 Å². The van der Waals surface area contributed by atoms with Gasteiger partial charge in [-0.05, 0) is 39.0 Å². The largest absolute Gasteiger partial charge is 0.334 e. The van der Waals surface area contributed by atoms with Crippen LogP contribution in [0, 0.1) is 0 Å². The number of carbonyl (C=O) groups is 2. The zero-order valence-electron chi connectivity index (χ0n) is 19.1. The van der Waals surface area contributed by atoms with Crippen molar-refractivity contribution in [2.45, 2.75) is 56.8 Å². The van der Waals surface area contributed by atoms with E-state index in [1.807, 2.05) is 44.2 Å². The van der Waals surface area contributed by atoms with Crippen molar-refractivity contribution in [1.82, 2.24) is 20.2 Å². The second-order valence-corrected chi connectivity index (χ2v) is 9.48. The van der Waals surface area contributed by atoms with Crippen molar-refractivity contribution in [3.63, 3.8) is 0 Å². The van der Waals surface area contributed by atoms with E-state index in [9.17, 15) is 14.4 Å². The number of rotatable bonds is 2. The Kier molecular flexibility index (Phi) is 4.31. The van der Waals surface area contributed by atoms with Crippen molar-refractivity contribution >= 4 is 28.9 Å². The molecule has 1 unspecified atom stereocenters. The van der Waals surface area contributed by atoms with E-state index < -0.39 is 23.5 Å². The fourth-order valence-corrected chi connectivity index (χ4v) is 5.92. The van der Waals surface area contributed by atoms with Crippen LogP contribution in [-0.4, -0.2) is 34.1 Å². The van der Waals surface area contributed by atoms with Gasteiger partial charge >= 0.3 is 0 Å². The van der Waals surface area contributed by atoms with Gasteiger partial charge in [-0.25, -0.2) is 4.98 Å². The lowest BCUT2D eigenvalue weighted by atomic mass is 9.86. The summed E-state index contributed by atoms with van der Waals surface area (Å²) in [6.07, 6.45) is 0.451. The SMILES string of the molecule is CC1C[C@]2(O[C@](C)(NC=O)c3nc4ccccc4c(=O)n31)c1ccccc1N1C(=O)[C@H](C)N[C@@H]12. The number of hydrogen-bond donors (Lipinski definition) is 2. The highest BCUT2D eigenvalue weighted by atomic mass is 16.5. The highest BCUT2D eigenvalue weighted by Crippen LogP contribution is 2.54. The summed E-state index contributed by atoms with van der Waals surface area (Å²) >= 11 is 0. The molecule has 4 heterocycles. The van der Waals surface area contributed by atoms with Gasteiger partial charge in [0.2, 0.25) is 12.3 Å². The van der Waals surface area contributed by atoms with Gasteiger partial charge in [0.25, 0.3) is 5.56 Å². The average Bonchev–Trinajstić information content (AvgIpc) is 3.22. The molecule has 3 aliphatic rings. The third-order valence-electron chi connectivity index (χ3n) is 7.33. The van der Waals surface area contributed by atoms with E-state index in [1.54, 1.807) is 34.6 Å². The Morgan fingerprint density at radius 3 is 2.68 bits per heavy atom. The predicted molar refractivity (Wildman–Crippen MR) is 125 cm³/mol. The van der Waals surface area contributed by atoms with Gasteiger partial charge < -0.3 is 10.1 Å². The lowest BCUT2D eigenvalue weighted by Crippen LogP contribution is -2.56. The Labute approximate surface area is 195 Å². The Morgan fingerprint density at radius 2 is 1.88 bits per heavy atom. The highest BCUT2D eigenvalue weighted by molar-refractivity contribution is 6.02. The van der Waals surface area contributed by atoms with Crippen LogP contribution >= 0.6 is 0 Å². The van der Waals surface area contributed by atoms with E-state index in [-0.39, 0.29) is 17.5 Å². The Balaban J connectivity index is 1.64. The average molecular weight is 460 g/mol. The van der Waals surface area contributed by atoms with E-state index in [4.69, 9.17) is 9.72 Å². The molecule has 5 atom stereocenters. The van der Waals surface area contributed by atoms with Gasteiger partial charge in [0, 0.05) is 18.0 Å². The Hall–Kier alpha value is -3.56. The summed E-state index contributed by atoms with van der Waals surface area (Å²) in [6.45, 7) is 5.48. The van der Waals surface area contributed by atoms with Gasteiger partial charge in [0.1, 0.15) is 11.8 Å². The first-order valence-corrected chi connectivity index (χ1v) is 11.4. The maximum Gasteiger partial charge on any atom is 0.261 e. The molecule has 174 valence electrons. The van der Waals surface area contributed by atoms with E-state index in [0.717, 1.165) is 11.3 Å². The maximum atomic E-state index is 13.7. The summed E-state index contributed by atoms with van der Waals surface area (Å²) in [7, 11) is 0. The third kappa shape index (κ3) is 2.56. The van der Waals surface area contributed by atoms with E-state index in [1.165, 1.54) is 0 Å². The topological polar surface area (TPSA) is 106 Å². The Morgan fingerprint density at radius 1 is 1.15 bits per heavy atom. The van der Waals surface area contributed by atoms with Crippen LogP contribution in [0.2, 0.25) is 0 Å². The van der Waals surface area contributed by atoms with E-state index in [2.05, 4.69) is 10.6 Å². The van der Waals surface area contributed by atoms with Crippen molar-refractivity contribution in [1.29, 1.82) is 0 Å². The van der Waals surface area contributed by atoms with Crippen LogP contribution in [0.25, 0.3) is 10.9 Å². The highest BCUT2D eigenvalue weighted by Gasteiger charge is 2.62. The molecule has 2 aromatic carbocycles. The van der Waals surface area contributed by atoms with Crippen LogP contribution in [0.3, 0.4) is 0 Å². The molecule has 0 radical (unpaired) electrons. The van der Waals surface area contributed by atoms with Gasteiger partial charge in [-0.1, -0.05) is 30.3 Å². The number of hydrogen-bond acceptors (Lipinski definition) is 6. The molecule has 0 saturated carbocycles. The first-order valence-electron chi connectivity index (χ1n) is 11.4. The fourth-order valence-electron chi connectivity index (χ4n) is 5.92. The molecule has 9 heteroatoms. The minimum Gasteiger partial charge on any atom is -0.334 e. The molecule has 3 aromatic rings. The number of nitrogens with one attached hydrogen (secondary N) is 2. The summed E-state index contributed by atoms with van der Waals surface area (Å²) < 4.78 is 8.53. The van der Waals surface area contributed by atoms with Crippen LogP contribution in [0.15, 0.2) is 53.3 Å². The number of nitrogens with zero attached hydrogens (tertiary/aromatic N) is 3. The van der Waals surface area contributed by atoms with Gasteiger partial charge in [0.05, 0.1) is 22.6 Å². The molecule has 34 heavy (non-hydrogen) atoms. The fraction of sp³-hybridized carbons (Fsp3) is 0.360. The minimum atomic E-state index is -1.44. The smallest absolute Gasteiger partial charge is 0.261 e. The van der Waals surface area contributed by atoms with Gasteiger partial charge in [-0.2, -0.15) is 0 Å². The summed E-state index contributed by atoms with van der Waals surface area (Å²) in [5.74, 6) is 0.277. The number of aromatic nitrogens is 2. The quantitative estimate of drug-likeness (QED) is 0.567. The number of carbonyl (C=O) groups excluding carboxylic acids is 2. The summed E-state index contributed by atoms with van der Waals surface area (Å²) in [5, 5.41) is 6.70.